The molecule has 0 N–H and O–H groups in total. The van der Waals surface area contributed by atoms with Crippen LogP contribution in [0.3, 0.4) is 0 Å². The number of rotatable bonds is 1. The number of ketones is 1. The summed E-state index contributed by atoms with van der Waals surface area (Å²) in [5.74, 6) is 0.623. The predicted molar refractivity (Wildman–Crippen MR) is 51.7 cm³/mol. The van der Waals surface area contributed by atoms with E-state index in [9.17, 15) is 4.79 Å². The predicted octanol–water partition coefficient (Wildman–Crippen LogP) is 1.60. The lowest BCUT2D eigenvalue weighted by atomic mass is 10.0. The molecule has 76 valence electrons. The minimum Gasteiger partial charge on any atom is -0.477 e. The molecule has 0 atom stereocenters. The van der Waals surface area contributed by atoms with E-state index in [1.165, 1.54) is 6.92 Å². The molecule has 0 saturated heterocycles. The van der Waals surface area contributed by atoms with Crippen LogP contribution in [-0.2, 0) is 5.54 Å². The average molecular weight is 194 g/mol. The van der Waals surface area contributed by atoms with Gasteiger partial charge in [-0.2, -0.15) is 5.10 Å². The molecule has 0 amide bonds. The van der Waals surface area contributed by atoms with E-state index in [4.69, 9.17) is 4.74 Å². The number of hydrogen-bond donors (Lipinski definition) is 0. The van der Waals surface area contributed by atoms with Crippen LogP contribution in [0.1, 0.15) is 37.6 Å². The molecule has 0 unspecified atom stereocenters. The molecular weight excluding hydrogens is 180 g/mol. The Balaban J connectivity index is 2.53. The molecule has 1 aromatic heterocycles. The number of ether oxygens (including phenoxy) is 1. The number of hydrogen-bond acceptors (Lipinski definition) is 3. The summed E-state index contributed by atoms with van der Waals surface area (Å²) in [6, 6.07) is 0. The minimum absolute atomic E-state index is 0.00366. The van der Waals surface area contributed by atoms with E-state index in [1.54, 1.807) is 10.9 Å². The van der Waals surface area contributed by atoms with E-state index in [1.807, 2.05) is 0 Å². The Kier molecular flexibility index (Phi) is 1.87. The minimum atomic E-state index is -0.0543. The van der Waals surface area contributed by atoms with Crippen LogP contribution in [0.25, 0.3) is 0 Å². The molecule has 2 rings (SSSR count). The zero-order valence-electron chi connectivity index (χ0n) is 8.70. The van der Waals surface area contributed by atoms with E-state index < -0.39 is 0 Å². The lowest BCUT2D eigenvalue weighted by Gasteiger charge is -2.31. The molecule has 14 heavy (non-hydrogen) atoms. The standard InChI is InChI=1S/C10H14N2O2/c1-7(13)8-6-11-12-9(8)14-5-4-10(12,2)3/h6H,4-5H2,1-3H3. The molecule has 0 saturated carbocycles. The number of carbonyl (C=O) groups excluding carboxylic acids is 1. The van der Waals surface area contributed by atoms with Crippen molar-refractivity contribution in [3.8, 4) is 5.88 Å². The first-order chi connectivity index (χ1) is 6.52. The fourth-order valence-electron chi connectivity index (χ4n) is 1.65. The fourth-order valence-corrected chi connectivity index (χ4v) is 1.65. The summed E-state index contributed by atoms with van der Waals surface area (Å²) in [5.41, 5.74) is 0.527. The number of nitrogens with zero attached hydrogens (tertiary/aromatic N) is 2. The van der Waals surface area contributed by atoms with Crippen LogP contribution in [0.2, 0.25) is 0 Å². The van der Waals surface area contributed by atoms with E-state index in [0.717, 1.165) is 6.42 Å². The third kappa shape index (κ3) is 1.22. The first kappa shape index (κ1) is 9.24. The van der Waals surface area contributed by atoms with Crippen LogP contribution in [0, 0.1) is 0 Å². The average Bonchev–Trinajstić information content (AvgIpc) is 2.48. The van der Waals surface area contributed by atoms with Crippen molar-refractivity contribution in [1.82, 2.24) is 9.78 Å². The Morgan fingerprint density at radius 3 is 3.00 bits per heavy atom. The van der Waals surface area contributed by atoms with Crippen molar-refractivity contribution in [1.29, 1.82) is 0 Å². The zero-order valence-corrected chi connectivity index (χ0v) is 8.70. The summed E-state index contributed by atoms with van der Waals surface area (Å²) in [6.45, 7) is 6.37. The normalized spacial score (nSPS) is 18.5. The van der Waals surface area contributed by atoms with Gasteiger partial charge in [0.25, 0.3) is 0 Å². The lowest BCUT2D eigenvalue weighted by Crippen LogP contribution is -2.34. The number of carbonyl (C=O) groups is 1. The summed E-state index contributed by atoms with van der Waals surface area (Å²) in [6.07, 6.45) is 2.50. The van der Waals surface area contributed by atoms with Gasteiger partial charge in [-0.05, 0) is 20.8 Å². The quantitative estimate of drug-likeness (QED) is 0.638. The second-order valence-electron chi connectivity index (χ2n) is 4.24. The first-order valence-corrected chi connectivity index (χ1v) is 4.74. The third-order valence-corrected chi connectivity index (χ3v) is 2.63. The lowest BCUT2D eigenvalue weighted by molar-refractivity contribution is 0.0997. The van der Waals surface area contributed by atoms with Crippen molar-refractivity contribution in [2.75, 3.05) is 6.61 Å². The summed E-state index contributed by atoms with van der Waals surface area (Å²) in [5, 5.41) is 4.20. The van der Waals surface area contributed by atoms with Gasteiger partial charge >= 0.3 is 0 Å². The Morgan fingerprint density at radius 2 is 2.36 bits per heavy atom. The maximum absolute atomic E-state index is 11.3. The van der Waals surface area contributed by atoms with Crippen LogP contribution in [0.4, 0.5) is 0 Å². The Bertz CT molecular complexity index is 379. The second kappa shape index (κ2) is 2.83. The van der Waals surface area contributed by atoms with Crippen LogP contribution >= 0.6 is 0 Å². The van der Waals surface area contributed by atoms with Crippen molar-refractivity contribution < 1.29 is 9.53 Å². The van der Waals surface area contributed by atoms with E-state index in [2.05, 4.69) is 18.9 Å². The number of Topliss-reactive ketones (excluding diaryl/α,β-unsaturated/α-hetero) is 1. The number of fused-ring (bicyclic) bond motifs is 1. The molecule has 0 spiro atoms. The monoisotopic (exact) mass is 194 g/mol. The first-order valence-electron chi connectivity index (χ1n) is 4.74. The van der Waals surface area contributed by atoms with E-state index >= 15 is 0 Å². The van der Waals surface area contributed by atoms with Gasteiger partial charge in [-0.3, -0.25) is 4.79 Å². The van der Waals surface area contributed by atoms with Crippen molar-refractivity contribution in [3.63, 3.8) is 0 Å². The zero-order chi connectivity index (χ0) is 10.3. The molecule has 0 aromatic carbocycles. The summed E-state index contributed by atoms with van der Waals surface area (Å²) < 4.78 is 7.27. The third-order valence-electron chi connectivity index (χ3n) is 2.63. The van der Waals surface area contributed by atoms with Crippen LogP contribution in [0.15, 0.2) is 6.20 Å². The Hall–Kier alpha value is -1.32. The molecule has 4 nitrogen and oxygen atoms in total. The topological polar surface area (TPSA) is 44.1 Å². The molecule has 1 aliphatic heterocycles. The molecule has 0 bridgehead atoms. The van der Waals surface area contributed by atoms with E-state index in [0.29, 0.717) is 18.1 Å². The highest BCUT2D eigenvalue weighted by Crippen LogP contribution is 2.32. The van der Waals surface area contributed by atoms with Crippen molar-refractivity contribution >= 4 is 5.78 Å². The molecule has 0 radical (unpaired) electrons. The van der Waals surface area contributed by atoms with E-state index in [-0.39, 0.29) is 11.3 Å². The van der Waals surface area contributed by atoms with Gasteiger partial charge < -0.3 is 4.74 Å². The summed E-state index contributed by atoms with van der Waals surface area (Å²) in [7, 11) is 0. The van der Waals surface area contributed by atoms with Gasteiger partial charge in [0.1, 0.15) is 0 Å². The van der Waals surface area contributed by atoms with Gasteiger partial charge in [-0.15, -0.1) is 0 Å². The van der Waals surface area contributed by atoms with Crippen LogP contribution in [-0.4, -0.2) is 22.2 Å². The highest BCUT2D eigenvalue weighted by Gasteiger charge is 2.31. The summed E-state index contributed by atoms with van der Waals surface area (Å²) >= 11 is 0. The van der Waals surface area contributed by atoms with Crippen LogP contribution in [0.5, 0.6) is 5.88 Å². The maximum atomic E-state index is 11.3. The highest BCUT2D eigenvalue weighted by atomic mass is 16.5. The summed E-state index contributed by atoms with van der Waals surface area (Å²) in [4.78, 5) is 11.3. The molecular formula is C10H14N2O2. The molecule has 4 heteroatoms. The SMILES string of the molecule is CC(=O)c1cnn2c1OCCC2(C)C. The second-order valence-corrected chi connectivity index (χ2v) is 4.24. The fraction of sp³-hybridized carbons (Fsp3) is 0.600. The van der Waals surface area contributed by atoms with Gasteiger partial charge in [-0.25, -0.2) is 4.68 Å². The molecule has 0 fully saturated rings. The highest BCUT2D eigenvalue weighted by molar-refractivity contribution is 5.96. The molecule has 1 aromatic rings. The van der Waals surface area contributed by atoms with Crippen molar-refractivity contribution in [2.45, 2.75) is 32.7 Å². The number of aromatic nitrogens is 2. The maximum Gasteiger partial charge on any atom is 0.223 e. The molecule has 1 aliphatic rings. The van der Waals surface area contributed by atoms with Gasteiger partial charge in [0.15, 0.2) is 5.78 Å². The molecule has 0 aliphatic carbocycles. The Morgan fingerprint density at radius 1 is 1.64 bits per heavy atom. The molecule has 2 heterocycles. The van der Waals surface area contributed by atoms with Gasteiger partial charge in [0.05, 0.1) is 23.9 Å². The van der Waals surface area contributed by atoms with Crippen molar-refractivity contribution in [2.24, 2.45) is 0 Å². The Labute approximate surface area is 82.9 Å². The largest absolute Gasteiger partial charge is 0.477 e. The van der Waals surface area contributed by atoms with Gasteiger partial charge in [0, 0.05) is 6.42 Å². The smallest absolute Gasteiger partial charge is 0.223 e. The van der Waals surface area contributed by atoms with Crippen LogP contribution < -0.4 is 4.74 Å². The van der Waals surface area contributed by atoms with Crippen molar-refractivity contribution in [3.05, 3.63) is 11.8 Å². The van der Waals surface area contributed by atoms with Gasteiger partial charge in [0.2, 0.25) is 5.88 Å². The van der Waals surface area contributed by atoms with Gasteiger partial charge in [-0.1, -0.05) is 0 Å².